The molecule has 0 rings (SSSR count). The highest BCUT2D eigenvalue weighted by atomic mass is 16.5. The Balaban J connectivity index is 5.06. The maximum atomic E-state index is 12.3. The Morgan fingerprint density at radius 1 is 0.714 bits per heavy atom. The van der Waals surface area contributed by atoms with E-state index >= 15 is 0 Å². The number of aliphatic hydroxyl groups excluding tert-OH is 1. The minimum atomic E-state index is -1.80. The summed E-state index contributed by atoms with van der Waals surface area (Å²) >= 11 is 0. The van der Waals surface area contributed by atoms with Gasteiger partial charge in [0.05, 0.1) is 6.04 Å². The number of rotatable bonds is 14. The van der Waals surface area contributed by atoms with Gasteiger partial charge in [0.25, 0.3) is 0 Å². The Bertz CT molecular complexity index is 580. The fraction of sp³-hybridized carbons (Fsp3) is 0.667. The lowest BCUT2D eigenvalue weighted by atomic mass is 10.1. The van der Waals surface area contributed by atoms with Gasteiger partial charge in [-0.3, -0.25) is 19.2 Å². The van der Waals surface area contributed by atoms with Crippen molar-refractivity contribution in [3.63, 3.8) is 0 Å². The van der Waals surface area contributed by atoms with E-state index in [1.807, 2.05) is 0 Å². The first-order chi connectivity index (χ1) is 12.9. The molecule has 0 fully saturated rings. The lowest BCUT2D eigenvalue weighted by Crippen LogP contribution is -2.54. The SMILES string of the molecule is NC(CCC(=O)O)C(=O)NC(CCC(O)O)C(=O)NC(CCC(=O)O)C(=O)O. The van der Waals surface area contributed by atoms with Crippen LogP contribution < -0.4 is 16.4 Å². The number of hydrogen-bond donors (Lipinski definition) is 8. The minimum Gasteiger partial charge on any atom is -0.481 e. The van der Waals surface area contributed by atoms with Gasteiger partial charge in [0.1, 0.15) is 12.1 Å². The number of carboxylic acid groups (broad SMARTS) is 3. The zero-order valence-corrected chi connectivity index (χ0v) is 14.9. The lowest BCUT2D eigenvalue weighted by Gasteiger charge is -2.23. The highest BCUT2D eigenvalue weighted by Crippen LogP contribution is 2.05. The highest BCUT2D eigenvalue weighted by molar-refractivity contribution is 5.92. The van der Waals surface area contributed by atoms with E-state index in [1.54, 1.807) is 0 Å². The molecule has 13 heteroatoms. The fourth-order valence-corrected chi connectivity index (χ4v) is 2.07. The average Bonchev–Trinajstić information content (AvgIpc) is 2.58. The molecule has 0 aromatic heterocycles. The van der Waals surface area contributed by atoms with E-state index in [4.69, 9.17) is 31.3 Å². The van der Waals surface area contributed by atoms with Gasteiger partial charge in [-0.25, -0.2) is 4.79 Å². The molecule has 3 atom stereocenters. The molecular formula is C15H25N3O10. The number of hydrogen-bond acceptors (Lipinski definition) is 8. The zero-order valence-electron chi connectivity index (χ0n) is 14.9. The van der Waals surface area contributed by atoms with Gasteiger partial charge < -0.3 is 41.9 Å². The first-order valence-corrected chi connectivity index (χ1v) is 8.32. The molecular weight excluding hydrogens is 382 g/mol. The van der Waals surface area contributed by atoms with Crippen molar-refractivity contribution in [1.82, 2.24) is 10.6 Å². The Hall–Kier alpha value is -2.77. The van der Waals surface area contributed by atoms with Crippen LogP contribution in [0.5, 0.6) is 0 Å². The van der Waals surface area contributed by atoms with Crippen molar-refractivity contribution >= 4 is 29.7 Å². The summed E-state index contributed by atoms with van der Waals surface area (Å²) in [6.07, 6.45) is -3.95. The molecule has 0 aliphatic carbocycles. The van der Waals surface area contributed by atoms with Gasteiger partial charge in [-0.15, -0.1) is 0 Å². The molecule has 0 spiro atoms. The molecule has 0 saturated heterocycles. The van der Waals surface area contributed by atoms with Gasteiger partial charge in [-0.1, -0.05) is 0 Å². The van der Waals surface area contributed by atoms with E-state index in [2.05, 4.69) is 10.6 Å². The predicted octanol–water partition coefficient (Wildman–Crippen LogP) is -2.81. The number of carboxylic acids is 3. The number of carbonyl (C=O) groups excluding carboxylic acids is 2. The van der Waals surface area contributed by atoms with Gasteiger partial charge in [-0.2, -0.15) is 0 Å². The Labute approximate surface area is 159 Å². The summed E-state index contributed by atoms with van der Waals surface area (Å²) < 4.78 is 0. The second-order valence-electron chi connectivity index (χ2n) is 5.99. The lowest BCUT2D eigenvalue weighted by molar-refractivity contribution is -0.143. The van der Waals surface area contributed by atoms with Crippen LogP contribution in [0.15, 0.2) is 0 Å². The summed E-state index contributed by atoms with van der Waals surface area (Å²) in [6, 6.07) is -4.19. The number of aliphatic carboxylic acids is 3. The minimum absolute atomic E-state index is 0.214. The van der Waals surface area contributed by atoms with Crippen molar-refractivity contribution < 1.29 is 49.5 Å². The van der Waals surface area contributed by atoms with Crippen LogP contribution in [-0.2, 0) is 24.0 Å². The first-order valence-electron chi connectivity index (χ1n) is 8.32. The van der Waals surface area contributed by atoms with E-state index in [1.165, 1.54) is 0 Å². The molecule has 0 bridgehead atoms. The largest absolute Gasteiger partial charge is 0.481 e. The normalized spacial score (nSPS) is 14.0. The van der Waals surface area contributed by atoms with Gasteiger partial charge in [-0.05, 0) is 19.3 Å². The summed E-state index contributed by atoms with van der Waals surface area (Å²) in [5.74, 6) is -5.80. The number of amides is 2. The molecule has 0 saturated carbocycles. The Morgan fingerprint density at radius 2 is 1.21 bits per heavy atom. The van der Waals surface area contributed by atoms with Crippen molar-refractivity contribution in [2.24, 2.45) is 5.73 Å². The van der Waals surface area contributed by atoms with Crippen molar-refractivity contribution in [1.29, 1.82) is 0 Å². The summed E-state index contributed by atoms with van der Waals surface area (Å²) in [7, 11) is 0. The summed E-state index contributed by atoms with van der Waals surface area (Å²) in [5, 5.41) is 48.5. The molecule has 0 radical (unpaired) electrons. The van der Waals surface area contributed by atoms with Crippen LogP contribution >= 0.6 is 0 Å². The maximum Gasteiger partial charge on any atom is 0.326 e. The molecule has 13 nitrogen and oxygen atoms in total. The molecule has 2 amide bonds. The summed E-state index contributed by atoms with van der Waals surface area (Å²) in [6.45, 7) is 0. The quantitative estimate of drug-likeness (QED) is 0.137. The molecule has 0 heterocycles. The molecule has 160 valence electrons. The molecule has 0 aromatic carbocycles. The first kappa shape index (κ1) is 25.2. The van der Waals surface area contributed by atoms with Crippen LogP contribution in [0.25, 0.3) is 0 Å². The Kier molecular flexibility index (Phi) is 11.3. The van der Waals surface area contributed by atoms with Crippen molar-refractivity contribution in [3.05, 3.63) is 0 Å². The smallest absolute Gasteiger partial charge is 0.326 e. The van der Waals surface area contributed by atoms with Gasteiger partial charge in [0, 0.05) is 19.3 Å². The van der Waals surface area contributed by atoms with E-state index in [9.17, 15) is 24.0 Å². The zero-order chi connectivity index (χ0) is 21.9. The molecule has 9 N–H and O–H groups in total. The summed E-state index contributed by atoms with van der Waals surface area (Å²) in [4.78, 5) is 56.6. The number of nitrogens with two attached hydrogens (primary N) is 1. The van der Waals surface area contributed by atoms with Gasteiger partial charge in [0.15, 0.2) is 6.29 Å². The van der Waals surface area contributed by atoms with Crippen LogP contribution in [0.3, 0.4) is 0 Å². The van der Waals surface area contributed by atoms with Crippen LogP contribution in [0.2, 0.25) is 0 Å². The van der Waals surface area contributed by atoms with Crippen LogP contribution in [0.4, 0.5) is 0 Å². The van der Waals surface area contributed by atoms with E-state index in [0.29, 0.717) is 0 Å². The van der Waals surface area contributed by atoms with E-state index in [0.717, 1.165) is 0 Å². The third-order valence-electron chi connectivity index (χ3n) is 3.61. The molecule has 3 unspecified atom stereocenters. The fourth-order valence-electron chi connectivity index (χ4n) is 2.07. The van der Waals surface area contributed by atoms with Crippen LogP contribution in [0, 0.1) is 0 Å². The maximum absolute atomic E-state index is 12.3. The topological polar surface area (TPSA) is 237 Å². The monoisotopic (exact) mass is 407 g/mol. The Morgan fingerprint density at radius 3 is 1.68 bits per heavy atom. The standard InChI is InChI=1S/C15H25N3O10/c16-7(1-4-10(19)20)13(25)17-8(2-5-11(21)22)14(26)18-9(15(27)28)3-6-12(23)24/h7-9,11,21-22H,1-6,16H2,(H,17,25)(H,18,26)(H,19,20)(H,23,24)(H,27,28). The van der Waals surface area contributed by atoms with Crippen molar-refractivity contribution in [3.8, 4) is 0 Å². The highest BCUT2D eigenvalue weighted by Gasteiger charge is 2.28. The molecule has 0 aliphatic heterocycles. The summed E-state index contributed by atoms with van der Waals surface area (Å²) in [5.41, 5.74) is 5.54. The van der Waals surface area contributed by atoms with Gasteiger partial charge in [0.2, 0.25) is 11.8 Å². The van der Waals surface area contributed by atoms with Crippen LogP contribution in [-0.4, -0.2) is 79.7 Å². The molecule has 0 aromatic rings. The average molecular weight is 407 g/mol. The molecule has 28 heavy (non-hydrogen) atoms. The third kappa shape index (κ3) is 11.1. The van der Waals surface area contributed by atoms with E-state index in [-0.39, 0.29) is 19.3 Å². The number of carbonyl (C=O) groups is 5. The van der Waals surface area contributed by atoms with Gasteiger partial charge >= 0.3 is 17.9 Å². The third-order valence-corrected chi connectivity index (χ3v) is 3.61. The van der Waals surface area contributed by atoms with E-state index < -0.39 is 73.4 Å². The van der Waals surface area contributed by atoms with Crippen molar-refractivity contribution in [2.75, 3.05) is 0 Å². The van der Waals surface area contributed by atoms with Crippen molar-refractivity contribution in [2.45, 2.75) is 62.9 Å². The second-order valence-corrected chi connectivity index (χ2v) is 5.99. The number of nitrogens with one attached hydrogen (secondary N) is 2. The molecule has 0 aliphatic rings. The number of aliphatic hydroxyl groups is 2. The van der Waals surface area contributed by atoms with Crippen LogP contribution in [0.1, 0.15) is 38.5 Å². The predicted molar refractivity (Wildman–Crippen MR) is 90.7 cm³/mol. The second kappa shape index (κ2) is 12.6.